The van der Waals surface area contributed by atoms with Crippen molar-refractivity contribution in [2.24, 2.45) is 0 Å². The minimum atomic E-state index is -4.44. The minimum Gasteiger partial charge on any atom is -0.490 e. The van der Waals surface area contributed by atoms with Crippen molar-refractivity contribution in [3.8, 4) is 23.0 Å². The SMILES string of the molecule is CCCCCCCCCCCCCCOc1cccc(OP(=O)(O)Oc2cccc(CBr)c2)c1OC. The minimum absolute atomic E-state index is 0.0900. The summed E-state index contributed by atoms with van der Waals surface area (Å²) < 4.78 is 34.5. The highest BCUT2D eigenvalue weighted by molar-refractivity contribution is 9.08. The Bertz CT molecular complexity index is 923. The summed E-state index contributed by atoms with van der Waals surface area (Å²) in [5.41, 5.74) is 0.915. The number of para-hydroxylation sites is 1. The first-order chi connectivity index (χ1) is 17.5. The molecule has 0 aliphatic heterocycles. The average Bonchev–Trinajstić information content (AvgIpc) is 2.86. The van der Waals surface area contributed by atoms with Gasteiger partial charge < -0.3 is 18.5 Å². The van der Waals surface area contributed by atoms with Crippen LogP contribution in [0.1, 0.15) is 89.5 Å². The van der Waals surface area contributed by atoms with E-state index in [1.807, 2.05) is 6.07 Å². The van der Waals surface area contributed by atoms with Gasteiger partial charge in [-0.15, -0.1) is 0 Å². The predicted molar refractivity (Wildman–Crippen MR) is 150 cm³/mol. The van der Waals surface area contributed by atoms with E-state index in [1.165, 1.54) is 71.3 Å². The number of phosphoric acid groups is 1. The maximum absolute atomic E-state index is 12.6. The molecule has 1 N–H and O–H groups in total. The molecule has 1 unspecified atom stereocenters. The summed E-state index contributed by atoms with van der Waals surface area (Å²) in [5, 5.41) is 0.604. The number of alkyl halides is 1. The number of methoxy groups -OCH3 is 1. The molecule has 202 valence electrons. The third-order valence-corrected chi connectivity index (χ3v) is 7.41. The molecule has 0 bridgehead atoms. The highest BCUT2D eigenvalue weighted by Crippen LogP contribution is 2.49. The zero-order valence-electron chi connectivity index (χ0n) is 21.8. The molecule has 36 heavy (non-hydrogen) atoms. The van der Waals surface area contributed by atoms with Crippen LogP contribution in [0, 0.1) is 0 Å². The van der Waals surface area contributed by atoms with E-state index in [1.54, 1.807) is 36.4 Å². The first kappa shape index (κ1) is 30.5. The number of benzene rings is 2. The second-order valence-corrected chi connectivity index (χ2v) is 10.8. The van der Waals surface area contributed by atoms with Crippen molar-refractivity contribution in [3.63, 3.8) is 0 Å². The lowest BCUT2D eigenvalue weighted by Gasteiger charge is -2.18. The molecule has 6 nitrogen and oxygen atoms in total. The largest absolute Gasteiger partial charge is 0.585 e. The molecule has 2 aromatic rings. The van der Waals surface area contributed by atoms with Crippen molar-refractivity contribution < 1.29 is 28.0 Å². The molecule has 0 aliphatic rings. The Kier molecular flexibility index (Phi) is 15.0. The zero-order valence-corrected chi connectivity index (χ0v) is 24.2. The smallest absolute Gasteiger partial charge is 0.490 e. The molecule has 1 atom stereocenters. The number of hydrogen-bond donors (Lipinski definition) is 1. The van der Waals surface area contributed by atoms with Crippen LogP contribution < -0.4 is 18.5 Å². The zero-order chi connectivity index (χ0) is 26.1. The summed E-state index contributed by atoms with van der Waals surface area (Å²) in [5.74, 6) is 1.08. The summed E-state index contributed by atoms with van der Waals surface area (Å²) in [7, 11) is -2.96. The van der Waals surface area contributed by atoms with Gasteiger partial charge in [0.2, 0.25) is 5.75 Å². The normalized spacial score (nSPS) is 12.7. The fraction of sp³-hybridized carbons (Fsp3) is 0.571. The maximum Gasteiger partial charge on any atom is 0.585 e. The van der Waals surface area contributed by atoms with Crippen molar-refractivity contribution in [1.82, 2.24) is 0 Å². The van der Waals surface area contributed by atoms with Crippen molar-refractivity contribution in [2.75, 3.05) is 13.7 Å². The summed E-state index contributed by atoms with van der Waals surface area (Å²) in [6, 6.07) is 11.9. The Morgan fingerprint density at radius 1 is 0.806 bits per heavy atom. The fourth-order valence-corrected chi connectivity index (χ4v) is 5.13. The van der Waals surface area contributed by atoms with Crippen molar-refractivity contribution in [1.29, 1.82) is 0 Å². The molecule has 0 amide bonds. The Morgan fingerprint density at radius 2 is 1.39 bits per heavy atom. The molecule has 2 aromatic carbocycles. The second kappa shape index (κ2) is 17.7. The molecule has 0 aliphatic carbocycles. The fourth-order valence-electron chi connectivity index (χ4n) is 3.97. The molecule has 0 spiro atoms. The van der Waals surface area contributed by atoms with Crippen LogP contribution in [0.25, 0.3) is 0 Å². The molecule has 8 heteroatoms. The number of unbranched alkanes of at least 4 members (excludes halogenated alkanes) is 11. The van der Waals surface area contributed by atoms with Crippen LogP contribution >= 0.6 is 23.8 Å². The van der Waals surface area contributed by atoms with Gasteiger partial charge in [0.15, 0.2) is 11.5 Å². The molecular formula is C28H42BrO6P. The Balaban J connectivity index is 1.73. The van der Waals surface area contributed by atoms with E-state index in [0.29, 0.717) is 17.7 Å². The lowest BCUT2D eigenvalue weighted by atomic mass is 10.1. The average molecular weight is 586 g/mol. The molecule has 2 rings (SSSR count). The highest BCUT2D eigenvalue weighted by atomic mass is 79.9. The molecule has 0 heterocycles. The topological polar surface area (TPSA) is 74.2 Å². The molecule has 0 fully saturated rings. The summed E-state index contributed by atoms with van der Waals surface area (Å²) >= 11 is 3.36. The van der Waals surface area contributed by atoms with Gasteiger partial charge in [-0.3, -0.25) is 4.89 Å². The van der Waals surface area contributed by atoms with Gasteiger partial charge in [-0.1, -0.05) is 112 Å². The van der Waals surface area contributed by atoms with E-state index < -0.39 is 7.82 Å². The Labute approximate surface area is 225 Å². The number of halogens is 1. The van der Waals surface area contributed by atoms with E-state index in [9.17, 15) is 9.46 Å². The van der Waals surface area contributed by atoms with Crippen LogP contribution in [0.2, 0.25) is 0 Å². The Morgan fingerprint density at radius 3 is 2.00 bits per heavy atom. The molecule has 0 aromatic heterocycles. The lowest BCUT2D eigenvalue weighted by molar-refractivity contribution is 0.267. The van der Waals surface area contributed by atoms with E-state index in [0.717, 1.165) is 18.4 Å². The van der Waals surface area contributed by atoms with E-state index in [4.69, 9.17) is 18.5 Å². The first-order valence-electron chi connectivity index (χ1n) is 13.2. The molecular weight excluding hydrogens is 543 g/mol. The summed E-state index contributed by atoms with van der Waals surface area (Å²) in [6.07, 6.45) is 15.4. The highest BCUT2D eigenvalue weighted by Gasteiger charge is 2.28. The van der Waals surface area contributed by atoms with Crippen LogP contribution in [-0.4, -0.2) is 18.6 Å². The quantitative estimate of drug-likeness (QED) is 0.0949. The number of hydrogen-bond acceptors (Lipinski definition) is 5. The molecule has 0 saturated carbocycles. The van der Waals surface area contributed by atoms with Crippen molar-refractivity contribution in [3.05, 3.63) is 48.0 Å². The Hall–Kier alpha value is -1.69. The number of phosphoric ester groups is 1. The summed E-state index contributed by atoms with van der Waals surface area (Å²) in [4.78, 5) is 10.3. The monoisotopic (exact) mass is 584 g/mol. The van der Waals surface area contributed by atoms with Gasteiger partial charge in [-0.05, 0) is 36.2 Å². The maximum atomic E-state index is 12.6. The van der Waals surface area contributed by atoms with Crippen LogP contribution in [0.5, 0.6) is 23.0 Å². The van der Waals surface area contributed by atoms with Gasteiger partial charge >= 0.3 is 7.82 Å². The number of ether oxygens (including phenoxy) is 2. The lowest BCUT2D eigenvalue weighted by Crippen LogP contribution is -2.03. The van der Waals surface area contributed by atoms with Crippen molar-refractivity contribution in [2.45, 2.75) is 89.3 Å². The van der Waals surface area contributed by atoms with Gasteiger partial charge in [0.25, 0.3) is 0 Å². The van der Waals surface area contributed by atoms with Crippen LogP contribution in [0.3, 0.4) is 0 Å². The second-order valence-electron chi connectivity index (χ2n) is 8.96. The third kappa shape index (κ3) is 12.0. The van der Waals surface area contributed by atoms with E-state index in [2.05, 4.69) is 22.9 Å². The number of rotatable bonds is 20. The van der Waals surface area contributed by atoms with Crippen LogP contribution in [0.15, 0.2) is 42.5 Å². The molecule has 0 saturated heterocycles. The van der Waals surface area contributed by atoms with Gasteiger partial charge in [0.05, 0.1) is 13.7 Å². The molecule has 0 radical (unpaired) electrons. The third-order valence-electron chi connectivity index (χ3n) is 5.89. The van der Waals surface area contributed by atoms with Crippen LogP contribution in [0.4, 0.5) is 0 Å². The van der Waals surface area contributed by atoms with Crippen LogP contribution in [-0.2, 0) is 9.90 Å². The van der Waals surface area contributed by atoms with Gasteiger partial charge in [0.1, 0.15) is 5.75 Å². The standard InChI is InChI=1S/C28H42BrO6P/c1-3-4-5-6-7-8-9-10-11-12-13-14-21-33-26-19-16-20-27(28(26)32-2)35-36(30,31)34-25-18-15-17-24(22-25)23-29/h15-20,22H,3-14,21,23H2,1-2H3,(H,30,31). The predicted octanol–water partition coefficient (Wildman–Crippen LogP) is 9.23. The summed E-state index contributed by atoms with van der Waals surface area (Å²) in [6.45, 7) is 2.80. The van der Waals surface area contributed by atoms with Gasteiger partial charge in [-0.2, -0.15) is 0 Å². The van der Waals surface area contributed by atoms with Crippen molar-refractivity contribution >= 4 is 23.8 Å². The van der Waals surface area contributed by atoms with E-state index >= 15 is 0 Å². The van der Waals surface area contributed by atoms with E-state index in [-0.39, 0.29) is 17.2 Å². The first-order valence-corrected chi connectivity index (χ1v) is 15.8. The van der Waals surface area contributed by atoms with Gasteiger partial charge in [-0.25, -0.2) is 4.57 Å². The van der Waals surface area contributed by atoms with Gasteiger partial charge in [0, 0.05) is 5.33 Å².